The molecule has 0 bridgehead atoms. The van der Waals surface area contributed by atoms with Gasteiger partial charge >= 0.3 is 0 Å². The molecule has 0 saturated carbocycles. The minimum atomic E-state index is -0.708. The van der Waals surface area contributed by atoms with E-state index in [0.717, 1.165) is 19.6 Å². The van der Waals surface area contributed by atoms with E-state index < -0.39 is 17.7 Å². The molecule has 1 aromatic carbocycles. The van der Waals surface area contributed by atoms with Crippen LogP contribution in [0.1, 0.15) is 23.6 Å². The molecule has 0 unspecified atom stereocenters. The van der Waals surface area contributed by atoms with Crippen LogP contribution < -0.4 is 9.47 Å². The summed E-state index contributed by atoms with van der Waals surface area (Å²) in [6, 6.07) is 7.67. The number of hydrogen-bond donors (Lipinski definition) is 1. The average molecular weight is 468 g/mol. The van der Waals surface area contributed by atoms with Crippen molar-refractivity contribution in [3.63, 3.8) is 0 Å². The number of aliphatic hydroxyl groups is 1. The zero-order valence-corrected chi connectivity index (χ0v) is 19.4. The van der Waals surface area contributed by atoms with Gasteiger partial charge in [0, 0.05) is 44.1 Å². The number of ketones is 1. The number of nitrogens with zero attached hydrogens (tertiary/aromatic N) is 3. The highest BCUT2D eigenvalue weighted by atomic mass is 16.5. The summed E-state index contributed by atoms with van der Waals surface area (Å²) in [7, 11) is 3.01. The van der Waals surface area contributed by atoms with E-state index in [0.29, 0.717) is 48.8 Å². The maximum atomic E-state index is 13.1. The molecular formula is C25H29N3O6. The van der Waals surface area contributed by atoms with Crippen LogP contribution in [0.25, 0.3) is 5.76 Å². The van der Waals surface area contributed by atoms with Gasteiger partial charge in [0.1, 0.15) is 5.76 Å². The normalized spacial score (nSPS) is 20.5. The maximum Gasteiger partial charge on any atom is 0.295 e. The number of hydrogen-bond acceptors (Lipinski definition) is 8. The third-order valence-electron chi connectivity index (χ3n) is 6.20. The van der Waals surface area contributed by atoms with Crippen molar-refractivity contribution in [1.29, 1.82) is 0 Å². The van der Waals surface area contributed by atoms with E-state index in [1.165, 1.54) is 14.2 Å². The summed E-state index contributed by atoms with van der Waals surface area (Å²) in [5, 5.41) is 11.2. The second-order valence-electron chi connectivity index (χ2n) is 8.15. The molecule has 1 atom stereocenters. The van der Waals surface area contributed by atoms with Crippen molar-refractivity contribution in [3.05, 3.63) is 59.4 Å². The smallest absolute Gasteiger partial charge is 0.295 e. The third-order valence-corrected chi connectivity index (χ3v) is 6.20. The van der Waals surface area contributed by atoms with Crippen LogP contribution in [0.5, 0.6) is 11.5 Å². The van der Waals surface area contributed by atoms with Crippen molar-refractivity contribution >= 4 is 17.4 Å². The van der Waals surface area contributed by atoms with Crippen LogP contribution in [0.3, 0.4) is 0 Å². The molecule has 1 N–H and O–H groups in total. The first kappa shape index (κ1) is 23.7. The fourth-order valence-electron chi connectivity index (χ4n) is 4.43. The number of Topliss-reactive ketones (excluding diaryl/α,β-unsaturated/α-hetero) is 1. The third kappa shape index (κ3) is 4.76. The maximum absolute atomic E-state index is 13.1. The van der Waals surface area contributed by atoms with Crippen molar-refractivity contribution in [3.8, 4) is 11.5 Å². The molecule has 2 saturated heterocycles. The first-order chi connectivity index (χ1) is 16.5. The highest BCUT2D eigenvalue weighted by molar-refractivity contribution is 6.46. The summed E-state index contributed by atoms with van der Waals surface area (Å²) in [4.78, 5) is 34.1. The molecule has 9 nitrogen and oxygen atoms in total. The van der Waals surface area contributed by atoms with Gasteiger partial charge in [0.15, 0.2) is 11.5 Å². The highest BCUT2D eigenvalue weighted by Gasteiger charge is 2.45. The fourth-order valence-corrected chi connectivity index (χ4v) is 4.43. The molecule has 1 aromatic heterocycles. The van der Waals surface area contributed by atoms with Crippen LogP contribution in [0.4, 0.5) is 0 Å². The van der Waals surface area contributed by atoms with Gasteiger partial charge in [-0.15, -0.1) is 0 Å². The van der Waals surface area contributed by atoms with E-state index in [1.54, 1.807) is 47.6 Å². The first-order valence-corrected chi connectivity index (χ1v) is 11.3. The minimum absolute atomic E-state index is 0.0507. The molecule has 2 aromatic rings. The van der Waals surface area contributed by atoms with Crippen molar-refractivity contribution < 1.29 is 28.9 Å². The van der Waals surface area contributed by atoms with Gasteiger partial charge in [0.05, 0.1) is 39.0 Å². The zero-order valence-electron chi connectivity index (χ0n) is 19.4. The minimum Gasteiger partial charge on any atom is -0.507 e. The zero-order chi connectivity index (χ0) is 24.1. The van der Waals surface area contributed by atoms with Gasteiger partial charge in [-0.25, -0.2) is 0 Å². The molecule has 4 rings (SSSR count). The SMILES string of the molecule is COc1ccc(/C(O)=C2\C(=O)C(=O)N(CCCN3CCOCC3)[C@H]2c2ccncc2)cc1OC. The first-order valence-electron chi connectivity index (χ1n) is 11.3. The molecule has 2 fully saturated rings. The number of amides is 1. The Bertz CT molecular complexity index is 1070. The van der Waals surface area contributed by atoms with E-state index in [1.807, 2.05) is 0 Å². The Morgan fingerprint density at radius 1 is 1.06 bits per heavy atom. The molecule has 0 spiro atoms. The number of carbonyl (C=O) groups is 2. The summed E-state index contributed by atoms with van der Waals surface area (Å²) in [5.74, 6) is -0.678. The lowest BCUT2D eigenvalue weighted by atomic mass is 9.95. The topological polar surface area (TPSA) is 101 Å². The Hall–Kier alpha value is -3.43. The molecule has 34 heavy (non-hydrogen) atoms. The summed E-state index contributed by atoms with van der Waals surface area (Å²) in [6.45, 7) is 4.29. The Balaban J connectivity index is 1.67. The van der Waals surface area contributed by atoms with Crippen LogP contribution in [0, 0.1) is 0 Å². The second kappa shape index (κ2) is 10.7. The Kier molecular flexibility index (Phi) is 7.44. The summed E-state index contributed by atoms with van der Waals surface area (Å²) < 4.78 is 16.0. The van der Waals surface area contributed by atoms with Crippen LogP contribution in [-0.4, -0.2) is 85.2 Å². The monoisotopic (exact) mass is 467 g/mol. The number of aliphatic hydroxyl groups excluding tert-OH is 1. The summed E-state index contributed by atoms with van der Waals surface area (Å²) in [5.41, 5.74) is 1.13. The lowest BCUT2D eigenvalue weighted by Gasteiger charge is -2.29. The Morgan fingerprint density at radius 2 is 1.76 bits per heavy atom. The molecular weight excluding hydrogens is 438 g/mol. The number of carbonyl (C=O) groups excluding carboxylic acids is 2. The fraction of sp³-hybridized carbons (Fsp3) is 0.400. The van der Waals surface area contributed by atoms with Gasteiger partial charge in [-0.3, -0.25) is 19.5 Å². The predicted molar refractivity (Wildman–Crippen MR) is 125 cm³/mol. The van der Waals surface area contributed by atoms with Gasteiger partial charge in [-0.05, 0) is 42.3 Å². The van der Waals surface area contributed by atoms with Gasteiger partial charge in [0.2, 0.25) is 0 Å². The standard InChI is InChI=1S/C25H29N3O6/c1-32-19-5-4-18(16-20(19)33-2)23(29)21-22(17-6-8-26-9-7-17)28(25(31)24(21)30)11-3-10-27-12-14-34-15-13-27/h4-9,16,22,29H,3,10-15H2,1-2H3/b23-21+/t22-/m0/s1. The molecule has 180 valence electrons. The average Bonchev–Trinajstić information content (AvgIpc) is 3.14. The number of aromatic nitrogens is 1. The van der Waals surface area contributed by atoms with Crippen LogP contribution in [-0.2, 0) is 14.3 Å². The number of ether oxygens (including phenoxy) is 3. The van der Waals surface area contributed by atoms with Crippen LogP contribution >= 0.6 is 0 Å². The lowest BCUT2D eigenvalue weighted by Crippen LogP contribution is -2.38. The second-order valence-corrected chi connectivity index (χ2v) is 8.15. The Morgan fingerprint density at radius 3 is 2.44 bits per heavy atom. The highest BCUT2D eigenvalue weighted by Crippen LogP contribution is 2.40. The van der Waals surface area contributed by atoms with E-state index >= 15 is 0 Å². The van der Waals surface area contributed by atoms with Crippen molar-refractivity contribution in [2.45, 2.75) is 12.5 Å². The molecule has 2 aliphatic rings. The number of rotatable bonds is 8. The lowest BCUT2D eigenvalue weighted by molar-refractivity contribution is -0.140. The summed E-state index contributed by atoms with van der Waals surface area (Å²) in [6.07, 6.45) is 3.92. The molecule has 0 aliphatic carbocycles. The number of morpholine rings is 1. The number of pyridine rings is 1. The predicted octanol–water partition coefficient (Wildman–Crippen LogP) is 2.24. The molecule has 2 aliphatic heterocycles. The van der Waals surface area contributed by atoms with Crippen molar-refractivity contribution in [1.82, 2.24) is 14.8 Å². The summed E-state index contributed by atoms with van der Waals surface area (Å²) >= 11 is 0. The van der Waals surface area contributed by atoms with Gasteiger partial charge in [-0.2, -0.15) is 0 Å². The number of benzene rings is 1. The number of likely N-dealkylation sites (tertiary alicyclic amines) is 1. The largest absolute Gasteiger partial charge is 0.507 e. The van der Waals surface area contributed by atoms with E-state index in [-0.39, 0.29) is 11.3 Å². The quantitative estimate of drug-likeness (QED) is 0.358. The van der Waals surface area contributed by atoms with Gasteiger partial charge in [0.25, 0.3) is 11.7 Å². The molecule has 1 amide bonds. The number of methoxy groups -OCH3 is 2. The van der Waals surface area contributed by atoms with Crippen molar-refractivity contribution in [2.24, 2.45) is 0 Å². The van der Waals surface area contributed by atoms with Gasteiger partial charge < -0.3 is 24.2 Å². The molecule has 0 radical (unpaired) electrons. The molecule has 3 heterocycles. The Labute approximate surface area is 198 Å². The van der Waals surface area contributed by atoms with Crippen LogP contribution in [0.2, 0.25) is 0 Å². The van der Waals surface area contributed by atoms with E-state index in [4.69, 9.17) is 14.2 Å². The van der Waals surface area contributed by atoms with Gasteiger partial charge in [-0.1, -0.05) is 0 Å². The molecule has 9 heteroatoms. The van der Waals surface area contributed by atoms with Crippen LogP contribution in [0.15, 0.2) is 48.3 Å². The van der Waals surface area contributed by atoms with Crippen molar-refractivity contribution in [2.75, 3.05) is 53.6 Å². The van der Waals surface area contributed by atoms with E-state index in [9.17, 15) is 14.7 Å². The van der Waals surface area contributed by atoms with E-state index in [2.05, 4.69) is 9.88 Å².